The predicted octanol–water partition coefficient (Wildman–Crippen LogP) is 3.51. The number of hydrogen-bond acceptors (Lipinski definition) is 5. The van der Waals surface area contributed by atoms with Crippen LogP contribution in [-0.4, -0.2) is 35.4 Å². The van der Waals surface area contributed by atoms with Gasteiger partial charge in [-0.25, -0.2) is 4.79 Å². The van der Waals surface area contributed by atoms with Crippen molar-refractivity contribution in [3.05, 3.63) is 92.7 Å². The van der Waals surface area contributed by atoms with Crippen molar-refractivity contribution in [2.24, 2.45) is 0 Å². The van der Waals surface area contributed by atoms with Crippen molar-refractivity contribution in [1.29, 1.82) is 0 Å². The van der Waals surface area contributed by atoms with Gasteiger partial charge in [0.1, 0.15) is 0 Å². The third-order valence-electron chi connectivity index (χ3n) is 4.76. The first-order valence-corrected chi connectivity index (χ1v) is 9.04. The predicted molar refractivity (Wildman–Crippen MR) is 108 cm³/mol. The number of allylic oxidation sites excluding steroid dienone is 1. The smallest absolute Gasteiger partial charge is 0.340 e. The van der Waals surface area contributed by atoms with Crippen LogP contribution in [0.3, 0.4) is 0 Å². The Bertz CT molecular complexity index is 1020. The minimum Gasteiger partial charge on any atom is -0.465 e. The second-order valence-corrected chi connectivity index (χ2v) is 6.55. The van der Waals surface area contributed by atoms with Gasteiger partial charge in [-0.05, 0) is 30.5 Å². The average Bonchev–Trinajstić information content (AvgIpc) is 2.96. The highest BCUT2D eigenvalue weighted by atomic mass is 16.6. The summed E-state index contributed by atoms with van der Waals surface area (Å²) >= 11 is 0. The Balaban J connectivity index is 1.95. The lowest BCUT2D eigenvalue weighted by Crippen LogP contribution is -2.27. The first kappa shape index (κ1) is 20.0. The summed E-state index contributed by atoms with van der Waals surface area (Å²) < 4.78 is 4.87. The molecule has 0 N–H and O–H groups in total. The largest absolute Gasteiger partial charge is 0.465 e. The number of benzene rings is 2. The molecule has 7 heteroatoms. The fraction of sp³-hybridized carbons (Fsp3) is 0.182. The van der Waals surface area contributed by atoms with Crippen molar-refractivity contribution in [2.45, 2.75) is 13.3 Å². The number of non-ortho nitro benzene ring substituents is 1. The van der Waals surface area contributed by atoms with E-state index in [-0.39, 0.29) is 22.7 Å². The van der Waals surface area contributed by atoms with Gasteiger partial charge in [0.25, 0.3) is 11.6 Å². The molecule has 0 radical (unpaired) electrons. The summed E-state index contributed by atoms with van der Waals surface area (Å²) in [5.74, 6) is -0.944. The van der Waals surface area contributed by atoms with Crippen LogP contribution in [0.2, 0.25) is 0 Å². The summed E-state index contributed by atoms with van der Waals surface area (Å²) in [4.78, 5) is 37.5. The zero-order valence-electron chi connectivity index (χ0n) is 16.1. The van der Waals surface area contributed by atoms with Crippen LogP contribution in [0.15, 0.2) is 71.4 Å². The van der Waals surface area contributed by atoms with Crippen molar-refractivity contribution >= 4 is 23.6 Å². The lowest BCUT2D eigenvalue weighted by atomic mass is 10.0. The van der Waals surface area contributed by atoms with E-state index in [1.54, 1.807) is 17.9 Å². The Morgan fingerprint density at radius 3 is 2.55 bits per heavy atom. The summed E-state index contributed by atoms with van der Waals surface area (Å²) in [7, 11) is 1.25. The van der Waals surface area contributed by atoms with Gasteiger partial charge < -0.3 is 9.64 Å². The van der Waals surface area contributed by atoms with E-state index in [4.69, 9.17) is 4.74 Å². The van der Waals surface area contributed by atoms with Crippen molar-refractivity contribution in [2.75, 3.05) is 13.7 Å². The zero-order valence-corrected chi connectivity index (χ0v) is 16.1. The van der Waals surface area contributed by atoms with E-state index in [0.29, 0.717) is 24.2 Å². The van der Waals surface area contributed by atoms with Crippen LogP contribution in [-0.2, 0) is 20.7 Å². The molecular weight excluding hydrogens is 372 g/mol. The van der Waals surface area contributed by atoms with E-state index in [0.717, 1.165) is 5.56 Å². The van der Waals surface area contributed by atoms with Gasteiger partial charge in [-0.2, -0.15) is 0 Å². The number of ether oxygens (including phenoxy) is 1. The number of rotatable bonds is 6. The van der Waals surface area contributed by atoms with E-state index in [9.17, 15) is 19.7 Å². The maximum atomic E-state index is 13.1. The molecule has 0 unspecified atom stereocenters. The minimum absolute atomic E-state index is 0.0916. The number of methoxy groups -OCH3 is 1. The van der Waals surface area contributed by atoms with Gasteiger partial charge in [0, 0.05) is 24.4 Å². The molecule has 148 valence electrons. The number of nitro benzene ring substituents is 1. The van der Waals surface area contributed by atoms with Crippen LogP contribution in [0.5, 0.6) is 0 Å². The molecule has 0 spiro atoms. The summed E-state index contributed by atoms with van der Waals surface area (Å²) in [5.41, 5.74) is 2.30. The number of esters is 1. The maximum Gasteiger partial charge on any atom is 0.340 e. The van der Waals surface area contributed by atoms with Crippen LogP contribution in [0.25, 0.3) is 6.08 Å². The highest BCUT2D eigenvalue weighted by Crippen LogP contribution is 2.32. The highest BCUT2D eigenvalue weighted by molar-refractivity contribution is 6.16. The third kappa shape index (κ3) is 4.24. The second kappa shape index (κ2) is 8.52. The average molecular weight is 392 g/mol. The molecule has 0 saturated heterocycles. The van der Waals surface area contributed by atoms with Gasteiger partial charge in [-0.1, -0.05) is 42.5 Å². The lowest BCUT2D eigenvalue weighted by molar-refractivity contribution is -0.384. The normalized spacial score (nSPS) is 15.2. The van der Waals surface area contributed by atoms with Gasteiger partial charge in [0.05, 0.1) is 23.2 Å². The van der Waals surface area contributed by atoms with E-state index < -0.39 is 10.9 Å². The number of carbonyl (C=O) groups is 2. The summed E-state index contributed by atoms with van der Waals surface area (Å²) in [5, 5.41) is 11.0. The number of nitro groups is 1. The van der Waals surface area contributed by atoms with Gasteiger partial charge in [0.15, 0.2) is 0 Å². The Kier molecular flexibility index (Phi) is 5.87. The van der Waals surface area contributed by atoms with Crippen LogP contribution in [0.4, 0.5) is 5.69 Å². The number of nitrogens with zero attached hydrogens (tertiary/aromatic N) is 2. The Morgan fingerprint density at radius 1 is 1.17 bits per heavy atom. The topological polar surface area (TPSA) is 89.8 Å². The molecule has 1 aliphatic heterocycles. The molecule has 0 atom stereocenters. The van der Waals surface area contributed by atoms with Crippen LogP contribution >= 0.6 is 0 Å². The van der Waals surface area contributed by atoms with Crippen LogP contribution in [0.1, 0.15) is 18.1 Å². The molecule has 0 bridgehead atoms. The molecule has 0 saturated carbocycles. The van der Waals surface area contributed by atoms with E-state index in [1.165, 1.54) is 31.4 Å². The quantitative estimate of drug-likeness (QED) is 0.325. The van der Waals surface area contributed by atoms with Crippen molar-refractivity contribution in [1.82, 2.24) is 4.90 Å². The molecule has 0 fully saturated rings. The Hall–Kier alpha value is -3.74. The molecule has 1 aliphatic rings. The summed E-state index contributed by atoms with van der Waals surface area (Å²) in [6.45, 7) is 2.10. The molecule has 3 rings (SSSR count). The number of hydrogen-bond donors (Lipinski definition) is 0. The van der Waals surface area contributed by atoms with Crippen molar-refractivity contribution in [3.8, 4) is 0 Å². The van der Waals surface area contributed by atoms with Crippen LogP contribution < -0.4 is 0 Å². The molecule has 2 aromatic rings. The van der Waals surface area contributed by atoms with Gasteiger partial charge >= 0.3 is 5.97 Å². The summed E-state index contributed by atoms with van der Waals surface area (Å²) in [6, 6.07) is 15.6. The SMILES string of the molecule is COC(=O)C1=C(C)N(CCc2ccccc2)C(=O)C1=Cc1cccc([N+](=O)[O-])c1. The highest BCUT2D eigenvalue weighted by Gasteiger charge is 2.36. The molecule has 7 nitrogen and oxygen atoms in total. The molecular formula is C22H20N2O5. The lowest BCUT2D eigenvalue weighted by Gasteiger charge is -2.17. The fourth-order valence-electron chi connectivity index (χ4n) is 3.28. The van der Waals surface area contributed by atoms with Crippen molar-refractivity contribution in [3.63, 3.8) is 0 Å². The first-order valence-electron chi connectivity index (χ1n) is 9.04. The summed E-state index contributed by atoms with van der Waals surface area (Å²) in [6.07, 6.45) is 2.12. The molecule has 1 heterocycles. The first-order chi connectivity index (χ1) is 13.9. The minimum atomic E-state index is -0.616. The molecule has 1 amide bonds. The van der Waals surface area contributed by atoms with Gasteiger partial charge in [-0.3, -0.25) is 14.9 Å². The number of carbonyl (C=O) groups excluding carboxylic acids is 2. The van der Waals surface area contributed by atoms with E-state index >= 15 is 0 Å². The Labute approximate surface area is 168 Å². The Morgan fingerprint density at radius 2 is 1.90 bits per heavy atom. The molecule has 0 aliphatic carbocycles. The monoisotopic (exact) mass is 392 g/mol. The van der Waals surface area contributed by atoms with Crippen molar-refractivity contribution < 1.29 is 19.2 Å². The maximum absolute atomic E-state index is 13.1. The number of amides is 1. The standard InChI is InChI=1S/C22H20N2O5/c1-15-20(22(26)29-2)19(14-17-9-6-10-18(13-17)24(27)28)21(25)23(15)12-11-16-7-4-3-5-8-16/h3-10,13-14H,11-12H2,1-2H3. The van der Waals surface area contributed by atoms with Crippen LogP contribution in [0, 0.1) is 10.1 Å². The zero-order chi connectivity index (χ0) is 21.0. The van der Waals surface area contributed by atoms with E-state index in [2.05, 4.69) is 0 Å². The second-order valence-electron chi connectivity index (χ2n) is 6.55. The van der Waals surface area contributed by atoms with Gasteiger partial charge in [-0.15, -0.1) is 0 Å². The molecule has 29 heavy (non-hydrogen) atoms. The van der Waals surface area contributed by atoms with Gasteiger partial charge in [0.2, 0.25) is 0 Å². The molecule has 0 aromatic heterocycles. The molecule has 2 aromatic carbocycles. The fourth-order valence-corrected chi connectivity index (χ4v) is 3.28. The van der Waals surface area contributed by atoms with E-state index in [1.807, 2.05) is 30.3 Å². The third-order valence-corrected chi connectivity index (χ3v) is 4.76.